The SMILES string of the molecule is CCc1nccn1-n1c(=O)[nH]c(=O)n(-n2ccnc2C)c1=O. The van der Waals surface area contributed by atoms with Gasteiger partial charge in [-0.15, -0.1) is 9.35 Å². The lowest BCUT2D eigenvalue weighted by Gasteiger charge is -2.12. The zero-order valence-electron chi connectivity index (χ0n) is 11.9. The highest BCUT2D eigenvalue weighted by atomic mass is 16.2. The molecule has 3 aromatic heterocycles. The summed E-state index contributed by atoms with van der Waals surface area (Å²) in [6.45, 7) is 3.48. The summed E-state index contributed by atoms with van der Waals surface area (Å²) in [5.41, 5.74) is -2.50. The van der Waals surface area contributed by atoms with Gasteiger partial charge >= 0.3 is 17.1 Å². The molecule has 0 radical (unpaired) electrons. The first-order chi connectivity index (χ1) is 10.5. The maximum atomic E-state index is 12.6. The molecule has 0 aromatic carbocycles. The molecule has 0 bridgehead atoms. The fraction of sp³-hybridized carbons (Fsp3) is 0.250. The summed E-state index contributed by atoms with van der Waals surface area (Å²) in [6, 6.07) is 0. The molecule has 0 aliphatic heterocycles. The molecule has 10 nitrogen and oxygen atoms in total. The lowest BCUT2D eigenvalue weighted by atomic mass is 10.5. The predicted octanol–water partition coefficient (Wildman–Crippen LogP) is -1.42. The van der Waals surface area contributed by atoms with Gasteiger partial charge in [0.15, 0.2) is 0 Å². The van der Waals surface area contributed by atoms with Crippen molar-refractivity contribution >= 4 is 0 Å². The van der Waals surface area contributed by atoms with Crippen molar-refractivity contribution in [1.29, 1.82) is 0 Å². The van der Waals surface area contributed by atoms with Crippen LogP contribution in [0.3, 0.4) is 0 Å². The summed E-state index contributed by atoms with van der Waals surface area (Å²) in [6.07, 6.45) is 6.37. The van der Waals surface area contributed by atoms with Gasteiger partial charge in [-0.3, -0.25) is 4.98 Å². The third-order valence-corrected chi connectivity index (χ3v) is 3.20. The Kier molecular flexibility index (Phi) is 3.13. The molecule has 10 heteroatoms. The first-order valence-corrected chi connectivity index (χ1v) is 6.56. The Bertz CT molecular complexity index is 1000. The van der Waals surface area contributed by atoms with Crippen molar-refractivity contribution in [3.63, 3.8) is 0 Å². The van der Waals surface area contributed by atoms with Gasteiger partial charge in [0.25, 0.3) is 0 Å². The van der Waals surface area contributed by atoms with E-state index < -0.39 is 17.1 Å². The number of imidazole rings is 2. The van der Waals surface area contributed by atoms with E-state index in [-0.39, 0.29) is 0 Å². The van der Waals surface area contributed by atoms with E-state index in [0.29, 0.717) is 18.1 Å². The molecular weight excluding hydrogens is 290 g/mol. The zero-order chi connectivity index (χ0) is 15.9. The molecule has 0 spiro atoms. The van der Waals surface area contributed by atoms with E-state index >= 15 is 0 Å². The largest absolute Gasteiger partial charge is 0.375 e. The Labute approximate surface area is 122 Å². The van der Waals surface area contributed by atoms with Crippen LogP contribution in [0.5, 0.6) is 0 Å². The van der Waals surface area contributed by atoms with Crippen molar-refractivity contribution in [2.45, 2.75) is 20.3 Å². The summed E-state index contributed by atoms with van der Waals surface area (Å²) in [5, 5.41) is 0. The molecular formula is C12H13N7O3. The Morgan fingerprint density at radius 1 is 1.00 bits per heavy atom. The Morgan fingerprint density at radius 3 is 2.18 bits per heavy atom. The molecule has 0 atom stereocenters. The molecule has 0 fully saturated rings. The zero-order valence-corrected chi connectivity index (χ0v) is 11.9. The third kappa shape index (κ3) is 1.92. The quantitative estimate of drug-likeness (QED) is 0.638. The van der Waals surface area contributed by atoms with E-state index in [1.54, 1.807) is 6.92 Å². The van der Waals surface area contributed by atoms with E-state index in [1.165, 1.54) is 34.1 Å². The number of aryl methyl sites for hydroxylation is 2. The van der Waals surface area contributed by atoms with Crippen LogP contribution >= 0.6 is 0 Å². The van der Waals surface area contributed by atoms with Crippen LogP contribution in [0, 0.1) is 6.92 Å². The fourth-order valence-electron chi connectivity index (χ4n) is 2.19. The van der Waals surface area contributed by atoms with Gasteiger partial charge in [-0.05, 0) is 6.92 Å². The highest BCUT2D eigenvalue weighted by Gasteiger charge is 2.15. The van der Waals surface area contributed by atoms with Gasteiger partial charge in [-0.2, -0.15) is 0 Å². The Morgan fingerprint density at radius 2 is 1.59 bits per heavy atom. The van der Waals surface area contributed by atoms with Crippen molar-refractivity contribution in [2.75, 3.05) is 0 Å². The molecule has 22 heavy (non-hydrogen) atoms. The number of nitrogens with zero attached hydrogens (tertiary/aromatic N) is 6. The number of rotatable bonds is 3. The fourth-order valence-corrected chi connectivity index (χ4v) is 2.19. The molecule has 0 saturated carbocycles. The first-order valence-electron chi connectivity index (χ1n) is 6.56. The third-order valence-electron chi connectivity index (χ3n) is 3.20. The van der Waals surface area contributed by atoms with E-state index in [2.05, 4.69) is 15.0 Å². The molecule has 3 aromatic rings. The highest BCUT2D eigenvalue weighted by Crippen LogP contribution is 1.96. The molecule has 114 valence electrons. The number of aromatic amines is 1. The number of H-pyrrole nitrogens is 1. The van der Waals surface area contributed by atoms with E-state index in [4.69, 9.17) is 0 Å². The van der Waals surface area contributed by atoms with Crippen molar-refractivity contribution in [3.05, 3.63) is 67.9 Å². The smallest absolute Gasteiger partial charge is 0.256 e. The van der Waals surface area contributed by atoms with E-state index in [9.17, 15) is 14.4 Å². The van der Waals surface area contributed by atoms with E-state index in [0.717, 1.165) is 9.35 Å². The average molecular weight is 303 g/mol. The summed E-state index contributed by atoms with van der Waals surface area (Å²) >= 11 is 0. The highest BCUT2D eigenvalue weighted by molar-refractivity contribution is 4.95. The first kappa shape index (κ1) is 13.8. The van der Waals surface area contributed by atoms with Crippen LogP contribution < -0.4 is 17.1 Å². The van der Waals surface area contributed by atoms with Crippen LogP contribution in [0.2, 0.25) is 0 Å². The average Bonchev–Trinajstić information content (AvgIpc) is 3.08. The number of hydrogen-bond acceptors (Lipinski definition) is 5. The van der Waals surface area contributed by atoms with Gasteiger partial charge < -0.3 is 0 Å². The molecule has 1 N–H and O–H groups in total. The van der Waals surface area contributed by atoms with Crippen molar-refractivity contribution in [1.82, 2.24) is 33.7 Å². The van der Waals surface area contributed by atoms with Gasteiger partial charge in [-0.1, -0.05) is 6.92 Å². The number of aromatic nitrogens is 7. The topological polar surface area (TPSA) is 113 Å². The van der Waals surface area contributed by atoms with Gasteiger partial charge in [0.1, 0.15) is 11.6 Å². The van der Waals surface area contributed by atoms with Crippen LogP contribution in [0.4, 0.5) is 0 Å². The molecule has 0 unspecified atom stereocenters. The van der Waals surface area contributed by atoms with Crippen molar-refractivity contribution < 1.29 is 0 Å². The van der Waals surface area contributed by atoms with Crippen LogP contribution in [-0.2, 0) is 6.42 Å². The minimum absolute atomic E-state index is 0.430. The van der Waals surface area contributed by atoms with Crippen LogP contribution in [0.15, 0.2) is 39.2 Å². The molecule has 3 heterocycles. The standard InChI is InChI=1S/C12H13N7O3/c1-3-9-14-5-7-17(9)19-11(21)15-10(20)18(12(19)22)16-6-4-13-8(16)2/h4-7H,3H2,1-2H3,(H,15,20,21). The van der Waals surface area contributed by atoms with Gasteiger partial charge in [0.2, 0.25) is 0 Å². The van der Waals surface area contributed by atoms with Crippen LogP contribution in [0.1, 0.15) is 18.6 Å². The maximum Gasteiger partial charge on any atom is 0.375 e. The maximum absolute atomic E-state index is 12.6. The Hall–Kier alpha value is -3.17. The molecule has 0 saturated heterocycles. The number of nitrogens with one attached hydrogen (secondary N) is 1. The van der Waals surface area contributed by atoms with E-state index in [1.807, 2.05) is 6.92 Å². The minimum Gasteiger partial charge on any atom is -0.256 e. The summed E-state index contributed by atoms with van der Waals surface area (Å²) in [4.78, 5) is 46.9. The molecule has 0 aliphatic carbocycles. The second kappa shape index (κ2) is 4.98. The van der Waals surface area contributed by atoms with Crippen LogP contribution in [-0.4, -0.2) is 33.7 Å². The van der Waals surface area contributed by atoms with Gasteiger partial charge in [0, 0.05) is 31.2 Å². The van der Waals surface area contributed by atoms with Gasteiger partial charge in [-0.25, -0.2) is 33.7 Å². The second-order valence-corrected chi connectivity index (χ2v) is 4.50. The minimum atomic E-state index is -0.842. The second-order valence-electron chi connectivity index (χ2n) is 4.50. The Balaban J connectivity index is 2.40. The van der Waals surface area contributed by atoms with Gasteiger partial charge in [0.05, 0.1) is 0 Å². The lowest BCUT2D eigenvalue weighted by molar-refractivity contribution is 0.453. The summed E-state index contributed by atoms with van der Waals surface area (Å²) < 4.78 is 4.18. The van der Waals surface area contributed by atoms with Crippen molar-refractivity contribution in [2.24, 2.45) is 0 Å². The summed E-state index contributed by atoms with van der Waals surface area (Å²) in [5.74, 6) is 0.944. The molecule has 3 rings (SSSR count). The van der Waals surface area contributed by atoms with Crippen LogP contribution in [0.25, 0.3) is 0 Å². The predicted molar refractivity (Wildman–Crippen MR) is 75.7 cm³/mol. The van der Waals surface area contributed by atoms with Crippen molar-refractivity contribution in [3.8, 4) is 0 Å². The molecule has 0 amide bonds. The monoisotopic (exact) mass is 303 g/mol. The lowest BCUT2D eigenvalue weighted by Crippen LogP contribution is -2.53. The molecule has 0 aliphatic rings. The number of hydrogen-bond donors (Lipinski definition) is 1. The normalized spacial score (nSPS) is 11.0. The summed E-state index contributed by atoms with van der Waals surface area (Å²) in [7, 11) is 0.